The number of carbonyl (C=O) groups is 1. The van der Waals surface area contributed by atoms with Crippen molar-refractivity contribution in [1.29, 1.82) is 0 Å². The Morgan fingerprint density at radius 3 is 2.00 bits per heavy atom. The molecule has 0 aromatic heterocycles. The third-order valence-corrected chi connectivity index (χ3v) is 5.70. The Labute approximate surface area is 158 Å². The van der Waals surface area contributed by atoms with Crippen LogP contribution >= 0.6 is 11.6 Å². The molecule has 0 heterocycles. The Morgan fingerprint density at radius 1 is 1.04 bits per heavy atom. The summed E-state index contributed by atoms with van der Waals surface area (Å²) in [5.74, 6) is -0.623. The van der Waals surface area contributed by atoms with Gasteiger partial charge in [0.15, 0.2) is 0 Å². The fraction of sp³-hybridized carbons (Fsp3) is 0.562. The summed E-state index contributed by atoms with van der Waals surface area (Å²) in [6.45, 7) is -0.866. The van der Waals surface area contributed by atoms with Gasteiger partial charge < -0.3 is 0 Å². The first-order valence-electron chi connectivity index (χ1n) is 7.88. The van der Waals surface area contributed by atoms with E-state index in [9.17, 15) is 21.6 Å². The quantitative estimate of drug-likeness (QED) is 0.586. The number of rotatable bonds is 8. The van der Waals surface area contributed by atoms with Crippen molar-refractivity contribution in [2.75, 3.05) is 25.7 Å². The maximum atomic E-state index is 13.0. The average molecular weight is 425 g/mol. The van der Waals surface area contributed by atoms with Crippen molar-refractivity contribution < 1.29 is 30.0 Å². The Morgan fingerprint density at radius 2 is 1.54 bits per heavy atom. The fourth-order valence-electron chi connectivity index (χ4n) is 3.01. The number of halogens is 1. The van der Waals surface area contributed by atoms with E-state index >= 15 is 0 Å². The first-order valence-corrected chi connectivity index (χ1v) is 11.9. The minimum Gasteiger partial charge on any atom is -0.299 e. The topological polar surface area (TPSA) is 104 Å². The van der Waals surface area contributed by atoms with E-state index in [1.54, 1.807) is 12.1 Å². The molecule has 146 valence electrons. The fourth-order valence-corrected chi connectivity index (χ4v) is 4.01. The van der Waals surface area contributed by atoms with Crippen molar-refractivity contribution >= 4 is 37.6 Å². The van der Waals surface area contributed by atoms with Crippen LogP contribution in [-0.4, -0.2) is 48.3 Å². The first-order chi connectivity index (χ1) is 11.9. The van der Waals surface area contributed by atoms with Crippen molar-refractivity contribution in [2.24, 2.45) is 11.3 Å². The van der Waals surface area contributed by atoms with Crippen LogP contribution in [0, 0.1) is 11.3 Å². The van der Waals surface area contributed by atoms with E-state index < -0.39 is 38.9 Å². The lowest BCUT2D eigenvalue weighted by molar-refractivity contribution is -0.132. The second-order valence-electron chi connectivity index (χ2n) is 6.64. The molecule has 1 fully saturated rings. The van der Waals surface area contributed by atoms with E-state index in [1.165, 1.54) is 0 Å². The van der Waals surface area contributed by atoms with Gasteiger partial charge in [0.25, 0.3) is 20.2 Å². The van der Waals surface area contributed by atoms with Crippen LogP contribution in [0.3, 0.4) is 0 Å². The number of Topliss-reactive ketones (excluding diaryl/α,β-unsaturated/α-hetero) is 1. The molecule has 1 aromatic rings. The van der Waals surface area contributed by atoms with Crippen LogP contribution in [0.5, 0.6) is 0 Å². The maximum absolute atomic E-state index is 13.0. The van der Waals surface area contributed by atoms with E-state index in [4.69, 9.17) is 20.0 Å². The van der Waals surface area contributed by atoms with Gasteiger partial charge in [-0.3, -0.25) is 13.2 Å². The number of hydrogen-bond donors (Lipinski definition) is 0. The molecule has 0 saturated heterocycles. The van der Waals surface area contributed by atoms with Crippen LogP contribution in [-0.2, 0) is 39.8 Å². The molecule has 1 unspecified atom stereocenters. The van der Waals surface area contributed by atoms with E-state index in [0.717, 1.165) is 18.1 Å². The second kappa shape index (κ2) is 7.93. The van der Waals surface area contributed by atoms with Gasteiger partial charge in [-0.2, -0.15) is 16.8 Å². The highest BCUT2D eigenvalue weighted by Crippen LogP contribution is 2.41. The summed E-state index contributed by atoms with van der Waals surface area (Å²) in [4.78, 5) is 13.0. The third kappa shape index (κ3) is 6.02. The standard InChI is InChI=1S/C16H21ClO7S2/c1-25(19,20)23-10-16(11-24-26(2,21)22)8-7-13(15(16)18)9-12-3-5-14(17)6-4-12/h3-6,13H,7-11H2,1-2H3. The van der Waals surface area contributed by atoms with Crippen LogP contribution in [0.15, 0.2) is 24.3 Å². The Kier molecular flexibility index (Phi) is 6.50. The van der Waals surface area contributed by atoms with E-state index in [2.05, 4.69) is 0 Å². The van der Waals surface area contributed by atoms with Gasteiger partial charge in [-0.05, 0) is 37.0 Å². The van der Waals surface area contributed by atoms with Crippen molar-refractivity contribution in [3.8, 4) is 0 Å². The molecule has 0 spiro atoms. The molecule has 1 aliphatic rings. The van der Waals surface area contributed by atoms with Crippen LogP contribution in [0.25, 0.3) is 0 Å². The van der Waals surface area contributed by atoms with Gasteiger partial charge >= 0.3 is 0 Å². The molecular formula is C16H21ClO7S2. The summed E-state index contributed by atoms with van der Waals surface area (Å²) in [6.07, 6.45) is 2.98. The normalized spacial score (nSPS) is 20.4. The van der Waals surface area contributed by atoms with Crippen molar-refractivity contribution in [3.63, 3.8) is 0 Å². The minimum atomic E-state index is -3.78. The Bertz CT molecular complexity index is 824. The second-order valence-corrected chi connectivity index (χ2v) is 10.4. The molecule has 0 N–H and O–H groups in total. The summed E-state index contributed by atoms with van der Waals surface area (Å²) >= 11 is 5.86. The number of benzene rings is 1. The van der Waals surface area contributed by atoms with Crippen molar-refractivity contribution in [1.82, 2.24) is 0 Å². The highest BCUT2D eigenvalue weighted by molar-refractivity contribution is 7.86. The van der Waals surface area contributed by atoms with Crippen LogP contribution in [0.2, 0.25) is 5.02 Å². The van der Waals surface area contributed by atoms with Crippen LogP contribution in [0.4, 0.5) is 0 Å². The predicted octanol–water partition coefficient (Wildman–Crippen LogP) is 1.80. The van der Waals surface area contributed by atoms with E-state index in [-0.39, 0.29) is 18.1 Å². The number of ketones is 1. The van der Waals surface area contributed by atoms with E-state index in [0.29, 0.717) is 17.9 Å². The predicted molar refractivity (Wildman–Crippen MR) is 96.9 cm³/mol. The molecule has 26 heavy (non-hydrogen) atoms. The average Bonchev–Trinajstić information content (AvgIpc) is 2.82. The van der Waals surface area contributed by atoms with Gasteiger partial charge in [0.05, 0.1) is 31.1 Å². The molecule has 10 heteroatoms. The van der Waals surface area contributed by atoms with Crippen LogP contribution in [0.1, 0.15) is 18.4 Å². The minimum absolute atomic E-state index is 0.250. The zero-order valence-electron chi connectivity index (χ0n) is 14.5. The van der Waals surface area contributed by atoms with Crippen LogP contribution < -0.4 is 0 Å². The van der Waals surface area contributed by atoms with Crippen molar-refractivity contribution in [2.45, 2.75) is 19.3 Å². The molecule has 0 bridgehead atoms. The molecule has 2 rings (SSSR count). The zero-order chi connectivity index (χ0) is 19.6. The van der Waals surface area contributed by atoms with Gasteiger partial charge in [-0.15, -0.1) is 0 Å². The van der Waals surface area contributed by atoms with Gasteiger partial charge in [0.1, 0.15) is 5.78 Å². The largest absolute Gasteiger partial charge is 0.299 e. The molecule has 7 nitrogen and oxygen atoms in total. The maximum Gasteiger partial charge on any atom is 0.264 e. The van der Waals surface area contributed by atoms with Gasteiger partial charge in [0.2, 0.25) is 0 Å². The Balaban J connectivity index is 2.18. The van der Waals surface area contributed by atoms with E-state index in [1.807, 2.05) is 12.1 Å². The lowest BCUT2D eigenvalue weighted by Crippen LogP contribution is -2.39. The lowest BCUT2D eigenvalue weighted by atomic mass is 9.84. The highest BCUT2D eigenvalue weighted by Gasteiger charge is 2.49. The lowest BCUT2D eigenvalue weighted by Gasteiger charge is -2.26. The molecule has 0 amide bonds. The summed E-state index contributed by atoms with van der Waals surface area (Å²) in [5.41, 5.74) is -0.389. The number of carbonyl (C=O) groups excluding carboxylic acids is 1. The number of hydrogen-bond acceptors (Lipinski definition) is 7. The zero-order valence-corrected chi connectivity index (χ0v) is 16.9. The SMILES string of the molecule is CS(=O)(=O)OCC1(COS(C)(=O)=O)CCC(Cc2ccc(Cl)cc2)C1=O. The highest BCUT2D eigenvalue weighted by atomic mass is 35.5. The smallest absolute Gasteiger partial charge is 0.264 e. The molecule has 0 aliphatic heterocycles. The summed E-state index contributed by atoms with van der Waals surface area (Å²) in [6, 6.07) is 7.08. The molecule has 1 aromatic carbocycles. The summed E-state index contributed by atoms with van der Waals surface area (Å²) in [7, 11) is -7.56. The molecule has 1 aliphatic carbocycles. The first kappa shape index (κ1) is 21.3. The van der Waals surface area contributed by atoms with Crippen molar-refractivity contribution in [3.05, 3.63) is 34.9 Å². The van der Waals surface area contributed by atoms with Gasteiger partial charge in [0, 0.05) is 10.9 Å². The molecule has 0 radical (unpaired) electrons. The third-order valence-electron chi connectivity index (χ3n) is 4.36. The summed E-state index contributed by atoms with van der Waals surface area (Å²) in [5, 5.41) is 0.587. The summed E-state index contributed by atoms with van der Waals surface area (Å²) < 4.78 is 55.0. The molecule has 1 saturated carbocycles. The van der Waals surface area contributed by atoms with Gasteiger partial charge in [-0.25, -0.2) is 0 Å². The Hall–Kier alpha value is -1.00. The molecule has 1 atom stereocenters. The monoisotopic (exact) mass is 424 g/mol. The molecular weight excluding hydrogens is 404 g/mol. The van der Waals surface area contributed by atoms with Gasteiger partial charge in [-0.1, -0.05) is 23.7 Å².